The quantitative estimate of drug-likeness (QED) is 0.255. The van der Waals surface area contributed by atoms with Crippen molar-refractivity contribution in [3.8, 4) is 17.1 Å². The van der Waals surface area contributed by atoms with Gasteiger partial charge in [-0.05, 0) is 29.8 Å². The molecule has 9 nitrogen and oxygen atoms in total. The van der Waals surface area contributed by atoms with Crippen LogP contribution in [0, 0.1) is 11.2 Å². The van der Waals surface area contributed by atoms with Crippen molar-refractivity contribution in [1.82, 2.24) is 15.0 Å². The van der Waals surface area contributed by atoms with Gasteiger partial charge in [-0.15, -0.1) is 0 Å². The number of aromatic nitrogens is 3. The zero-order valence-corrected chi connectivity index (χ0v) is 17.9. The van der Waals surface area contributed by atoms with E-state index in [-0.39, 0.29) is 36.3 Å². The minimum Gasteiger partial charge on any atom is -0.487 e. The van der Waals surface area contributed by atoms with Gasteiger partial charge >= 0.3 is 0 Å². The van der Waals surface area contributed by atoms with Gasteiger partial charge in [0.15, 0.2) is 5.82 Å². The fourth-order valence-corrected chi connectivity index (χ4v) is 3.39. The summed E-state index contributed by atoms with van der Waals surface area (Å²) in [6.07, 6.45) is 3.26. The number of ether oxygens (including phenoxy) is 1. The van der Waals surface area contributed by atoms with Crippen molar-refractivity contribution < 1.29 is 18.1 Å². The highest BCUT2D eigenvalue weighted by atomic mass is 32.2. The lowest BCUT2D eigenvalue weighted by Gasteiger charge is -2.12. The monoisotopic (exact) mass is 456 g/mol. The molecular formula is C21H21FN6O3S. The summed E-state index contributed by atoms with van der Waals surface area (Å²) in [5, 5.41) is 17.8. The van der Waals surface area contributed by atoms with E-state index in [9.17, 15) is 13.4 Å². The number of hydrogen-bond donors (Lipinski definition) is 3. The van der Waals surface area contributed by atoms with Gasteiger partial charge in [-0.25, -0.2) is 14.4 Å². The van der Waals surface area contributed by atoms with Crippen molar-refractivity contribution in [2.45, 2.75) is 6.42 Å². The Hall–Kier alpha value is -3.70. The molecule has 0 amide bonds. The van der Waals surface area contributed by atoms with Crippen LogP contribution in [-0.4, -0.2) is 49.4 Å². The molecule has 0 aliphatic heterocycles. The fourth-order valence-electron chi connectivity index (χ4n) is 2.70. The van der Waals surface area contributed by atoms with Gasteiger partial charge in [-0.3, -0.25) is 9.35 Å². The molecule has 0 aliphatic carbocycles. The lowest BCUT2D eigenvalue weighted by molar-refractivity contribution is -0.106. The summed E-state index contributed by atoms with van der Waals surface area (Å²) in [6, 6.07) is 10.9. The van der Waals surface area contributed by atoms with E-state index in [1.807, 2.05) is 0 Å². The van der Waals surface area contributed by atoms with Gasteiger partial charge in [-0.2, -0.15) is 4.98 Å². The highest BCUT2D eigenvalue weighted by Crippen LogP contribution is 2.29. The van der Waals surface area contributed by atoms with Crippen LogP contribution in [0.1, 0.15) is 12.0 Å². The summed E-state index contributed by atoms with van der Waals surface area (Å²) < 4.78 is 31.1. The number of carbonyl (C=O) groups excluding carboxylic acids is 1. The summed E-state index contributed by atoms with van der Waals surface area (Å²) >= 11 is 0. The molecule has 2 aromatic carbocycles. The van der Waals surface area contributed by atoms with E-state index in [1.54, 1.807) is 24.3 Å². The summed E-state index contributed by atoms with van der Waals surface area (Å²) in [5.74, 6) is 0.0513. The largest absolute Gasteiger partial charge is 0.487 e. The molecule has 0 saturated carbocycles. The number of carbonyl (C=O) groups is 1. The smallest absolute Gasteiger partial charge is 0.230 e. The minimum absolute atomic E-state index is 0.0541. The van der Waals surface area contributed by atoms with Gasteiger partial charge in [0.1, 0.15) is 30.8 Å². The molecule has 1 aromatic heterocycles. The Bertz CT molecular complexity index is 1270. The maximum atomic E-state index is 13.8. The number of hydrogen-bond acceptors (Lipinski definition) is 8. The van der Waals surface area contributed by atoms with E-state index in [2.05, 4.69) is 20.3 Å². The predicted octanol–water partition coefficient (Wildman–Crippen LogP) is 2.35. The number of benzene rings is 2. The Morgan fingerprint density at radius 3 is 2.84 bits per heavy atom. The standard InChI is InChI=1S/C21H21FN6O3S/c1-32(24,30)12-14-3-2-4-17(9-14)27-21-26-13-25-20(28-21)18-6-5-15(22)10-19(18)31-11-16(23)7-8-29/h2-6,8-10,12-13,23H,7,11H2,1H3,(H2,24,30)(H,25,26,27,28). The highest BCUT2D eigenvalue weighted by Gasteiger charge is 2.13. The second kappa shape index (κ2) is 10.1. The average Bonchev–Trinajstić information content (AvgIpc) is 2.72. The van der Waals surface area contributed by atoms with Gasteiger partial charge in [0.25, 0.3) is 0 Å². The third kappa shape index (κ3) is 6.65. The van der Waals surface area contributed by atoms with Crippen LogP contribution >= 0.6 is 0 Å². The Morgan fingerprint density at radius 1 is 1.28 bits per heavy atom. The fraction of sp³-hybridized carbons (Fsp3) is 0.143. The molecule has 166 valence electrons. The number of aldehydes is 1. The van der Waals surface area contributed by atoms with Crippen LogP contribution in [0.25, 0.3) is 11.4 Å². The summed E-state index contributed by atoms with van der Waals surface area (Å²) in [6.45, 7) is -0.170. The SMILES string of the molecule is CS(N)(=O)=Cc1cccc(Nc2ncnc(-c3ccc(F)cc3OCC(=N)CC=O)n2)c1. The Labute approximate surface area is 184 Å². The molecule has 0 bridgehead atoms. The number of anilines is 2. The van der Waals surface area contributed by atoms with Crippen molar-refractivity contribution in [2.75, 3.05) is 18.2 Å². The second-order valence-electron chi connectivity index (χ2n) is 6.87. The molecule has 0 fully saturated rings. The Morgan fingerprint density at radius 2 is 2.09 bits per heavy atom. The second-order valence-corrected chi connectivity index (χ2v) is 9.04. The van der Waals surface area contributed by atoms with Crippen molar-refractivity contribution in [3.63, 3.8) is 0 Å². The molecule has 0 saturated heterocycles. The van der Waals surface area contributed by atoms with Crippen LogP contribution in [0.2, 0.25) is 0 Å². The van der Waals surface area contributed by atoms with E-state index >= 15 is 0 Å². The molecule has 1 atom stereocenters. The van der Waals surface area contributed by atoms with E-state index < -0.39 is 15.5 Å². The molecular weight excluding hydrogens is 435 g/mol. The van der Waals surface area contributed by atoms with Crippen molar-refractivity contribution >= 4 is 38.7 Å². The van der Waals surface area contributed by atoms with Crippen LogP contribution in [-0.2, 0) is 14.5 Å². The zero-order valence-electron chi connectivity index (χ0n) is 17.1. The lowest BCUT2D eigenvalue weighted by Crippen LogP contribution is -2.13. The van der Waals surface area contributed by atoms with Gasteiger partial charge < -0.3 is 20.3 Å². The zero-order chi connectivity index (χ0) is 23.1. The number of nitrogens with zero attached hydrogens (tertiary/aromatic N) is 3. The van der Waals surface area contributed by atoms with Crippen LogP contribution in [0.15, 0.2) is 48.8 Å². The van der Waals surface area contributed by atoms with Crippen molar-refractivity contribution in [2.24, 2.45) is 5.14 Å². The number of rotatable bonds is 9. The first kappa shape index (κ1) is 23.0. The van der Waals surface area contributed by atoms with Crippen molar-refractivity contribution in [1.29, 1.82) is 5.41 Å². The molecule has 3 aromatic rings. The third-order valence-corrected chi connectivity index (χ3v) is 4.74. The first-order chi connectivity index (χ1) is 15.2. The normalized spacial score (nSPS) is 12.5. The maximum Gasteiger partial charge on any atom is 0.230 e. The number of nitrogens with two attached hydrogens (primary N) is 1. The molecule has 0 aliphatic rings. The first-order valence-corrected chi connectivity index (χ1v) is 11.4. The molecule has 11 heteroatoms. The molecule has 4 N–H and O–H groups in total. The van der Waals surface area contributed by atoms with E-state index in [4.69, 9.17) is 15.3 Å². The minimum atomic E-state index is -2.56. The lowest BCUT2D eigenvalue weighted by atomic mass is 10.2. The third-order valence-electron chi connectivity index (χ3n) is 4.00. The summed E-state index contributed by atoms with van der Waals surface area (Å²) in [4.78, 5) is 23.1. The topological polar surface area (TPSA) is 144 Å². The van der Waals surface area contributed by atoms with Crippen LogP contribution in [0.4, 0.5) is 16.0 Å². The molecule has 0 radical (unpaired) electrons. The Balaban J connectivity index is 1.87. The molecule has 1 unspecified atom stereocenters. The van der Waals surface area contributed by atoms with Gasteiger partial charge in [-0.1, -0.05) is 12.1 Å². The summed E-state index contributed by atoms with van der Waals surface area (Å²) in [7, 11) is -2.56. The molecule has 1 heterocycles. The highest BCUT2D eigenvalue weighted by molar-refractivity contribution is 7.98. The maximum absolute atomic E-state index is 13.8. The van der Waals surface area contributed by atoms with E-state index in [0.717, 1.165) is 6.07 Å². The molecule has 0 spiro atoms. The summed E-state index contributed by atoms with van der Waals surface area (Å²) in [5.41, 5.74) is 1.76. The number of nitrogens with one attached hydrogen (secondary N) is 2. The molecule has 32 heavy (non-hydrogen) atoms. The van der Waals surface area contributed by atoms with E-state index in [0.29, 0.717) is 23.1 Å². The average molecular weight is 457 g/mol. The van der Waals surface area contributed by atoms with Crippen LogP contribution in [0.3, 0.4) is 0 Å². The van der Waals surface area contributed by atoms with Crippen LogP contribution in [0.5, 0.6) is 5.75 Å². The van der Waals surface area contributed by atoms with Gasteiger partial charge in [0, 0.05) is 39.5 Å². The van der Waals surface area contributed by atoms with Gasteiger partial charge in [0.2, 0.25) is 5.95 Å². The van der Waals surface area contributed by atoms with E-state index in [1.165, 1.54) is 30.1 Å². The van der Waals surface area contributed by atoms with Gasteiger partial charge in [0.05, 0.1) is 11.3 Å². The Kier molecular flexibility index (Phi) is 7.23. The van der Waals surface area contributed by atoms with Crippen molar-refractivity contribution in [3.05, 3.63) is 60.2 Å². The number of halogens is 1. The first-order valence-electron chi connectivity index (χ1n) is 9.34. The van der Waals surface area contributed by atoms with Crippen LogP contribution < -0.4 is 15.2 Å². The molecule has 3 rings (SSSR count). The predicted molar refractivity (Wildman–Crippen MR) is 122 cm³/mol.